The lowest BCUT2D eigenvalue weighted by molar-refractivity contribution is 0.170. The van der Waals surface area contributed by atoms with Gasteiger partial charge in [-0.25, -0.2) is 0 Å². The van der Waals surface area contributed by atoms with Crippen LogP contribution < -0.4 is 10.5 Å². The number of ether oxygens (including phenoxy) is 1. The lowest BCUT2D eigenvalue weighted by atomic mass is 9.90. The van der Waals surface area contributed by atoms with Gasteiger partial charge in [-0.3, -0.25) is 0 Å². The van der Waals surface area contributed by atoms with E-state index in [4.69, 9.17) is 10.5 Å². The molecule has 0 radical (unpaired) electrons. The molecule has 0 spiro atoms. The summed E-state index contributed by atoms with van der Waals surface area (Å²) in [5.74, 6) is 1.79. The first-order valence-corrected chi connectivity index (χ1v) is 9.51. The minimum Gasteiger partial charge on any atom is -0.494 e. The van der Waals surface area contributed by atoms with Gasteiger partial charge in [0, 0.05) is 13.1 Å². The normalized spacial score (nSPS) is 16.0. The Morgan fingerprint density at radius 2 is 1.64 bits per heavy atom. The van der Waals surface area contributed by atoms with E-state index in [-0.39, 0.29) is 0 Å². The average Bonchev–Trinajstić information content (AvgIpc) is 2.68. The molecule has 0 aromatic heterocycles. The van der Waals surface area contributed by atoms with Gasteiger partial charge in [0.15, 0.2) is 0 Å². The van der Waals surface area contributed by atoms with Crippen molar-refractivity contribution >= 4 is 0 Å². The third-order valence-corrected chi connectivity index (χ3v) is 5.12. The summed E-state index contributed by atoms with van der Waals surface area (Å²) in [5, 5.41) is 0. The van der Waals surface area contributed by atoms with Crippen molar-refractivity contribution in [2.24, 2.45) is 11.7 Å². The maximum absolute atomic E-state index is 5.83. The van der Waals surface area contributed by atoms with Gasteiger partial charge in [0.1, 0.15) is 5.75 Å². The molecule has 1 aliphatic heterocycles. The number of hydrogen-bond donors (Lipinski definition) is 1. The second kappa shape index (κ2) is 9.59. The van der Waals surface area contributed by atoms with Crippen molar-refractivity contribution in [2.45, 2.75) is 32.2 Å². The summed E-state index contributed by atoms with van der Waals surface area (Å²) in [7, 11) is 0. The first kappa shape index (κ1) is 18.0. The van der Waals surface area contributed by atoms with Crippen molar-refractivity contribution in [1.82, 2.24) is 4.90 Å². The Kier molecular flexibility index (Phi) is 6.89. The Morgan fingerprint density at radius 1 is 0.920 bits per heavy atom. The highest BCUT2D eigenvalue weighted by Crippen LogP contribution is 2.21. The highest BCUT2D eigenvalue weighted by atomic mass is 16.5. The Labute approximate surface area is 151 Å². The highest BCUT2D eigenvalue weighted by Gasteiger charge is 2.18. The van der Waals surface area contributed by atoms with Crippen LogP contribution in [0.2, 0.25) is 0 Å². The van der Waals surface area contributed by atoms with E-state index in [0.29, 0.717) is 6.54 Å². The van der Waals surface area contributed by atoms with Crippen molar-refractivity contribution in [1.29, 1.82) is 0 Å². The van der Waals surface area contributed by atoms with Crippen LogP contribution in [0.1, 0.15) is 30.4 Å². The number of likely N-dealkylation sites (tertiary alicyclic amines) is 1. The molecule has 0 unspecified atom stereocenters. The highest BCUT2D eigenvalue weighted by molar-refractivity contribution is 5.27. The zero-order chi connectivity index (χ0) is 17.3. The van der Waals surface area contributed by atoms with Crippen LogP contribution in [0.4, 0.5) is 0 Å². The molecule has 0 aliphatic carbocycles. The number of piperidine rings is 1. The second-order valence-electron chi connectivity index (χ2n) is 7.02. The standard InChI is InChI=1S/C22H30N2O/c23-18-21-7-9-22(10-8-21)25-16-4-13-24-14-11-20(12-15-24)17-19-5-2-1-3-6-19/h1-3,5-10,20H,4,11-18,23H2. The summed E-state index contributed by atoms with van der Waals surface area (Å²) in [6, 6.07) is 19.0. The fraction of sp³-hybridized carbons (Fsp3) is 0.455. The zero-order valence-corrected chi connectivity index (χ0v) is 15.1. The minimum absolute atomic E-state index is 0.584. The van der Waals surface area contributed by atoms with E-state index in [0.717, 1.165) is 36.8 Å². The van der Waals surface area contributed by atoms with E-state index in [9.17, 15) is 0 Å². The SMILES string of the molecule is NCc1ccc(OCCCN2CCC(Cc3ccccc3)CC2)cc1. The first-order chi connectivity index (χ1) is 12.3. The maximum Gasteiger partial charge on any atom is 0.119 e. The molecule has 3 nitrogen and oxygen atoms in total. The van der Waals surface area contributed by atoms with Gasteiger partial charge < -0.3 is 15.4 Å². The topological polar surface area (TPSA) is 38.5 Å². The van der Waals surface area contributed by atoms with E-state index >= 15 is 0 Å². The Hall–Kier alpha value is -1.84. The van der Waals surface area contributed by atoms with Crippen molar-refractivity contribution in [3.63, 3.8) is 0 Å². The van der Waals surface area contributed by atoms with Gasteiger partial charge in [-0.1, -0.05) is 42.5 Å². The molecule has 3 rings (SSSR count). The molecule has 3 heteroatoms. The maximum atomic E-state index is 5.83. The molecule has 2 aromatic rings. The zero-order valence-electron chi connectivity index (χ0n) is 15.1. The van der Waals surface area contributed by atoms with Crippen LogP contribution in [-0.4, -0.2) is 31.1 Å². The molecule has 0 atom stereocenters. The van der Waals surface area contributed by atoms with Crippen LogP contribution in [0.5, 0.6) is 5.75 Å². The molecular weight excluding hydrogens is 308 g/mol. The van der Waals surface area contributed by atoms with Crippen LogP contribution in [0, 0.1) is 5.92 Å². The van der Waals surface area contributed by atoms with Gasteiger partial charge in [0.25, 0.3) is 0 Å². The summed E-state index contributed by atoms with van der Waals surface area (Å²) in [4.78, 5) is 2.59. The summed E-state index contributed by atoms with van der Waals surface area (Å²) in [6.07, 6.45) is 4.95. The molecule has 0 saturated carbocycles. The summed E-state index contributed by atoms with van der Waals surface area (Å²) in [6.45, 7) is 4.96. The molecule has 2 N–H and O–H groups in total. The number of hydrogen-bond acceptors (Lipinski definition) is 3. The van der Waals surface area contributed by atoms with Crippen LogP contribution in [0.15, 0.2) is 54.6 Å². The van der Waals surface area contributed by atoms with E-state index in [1.807, 2.05) is 24.3 Å². The van der Waals surface area contributed by atoms with Gasteiger partial charge in [0.05, 0.1) is 6.61 Å². The molecule has 1 heterocycles. The summed E-state index contributed by atoms with van der Waals surface area (Å²) >= 11 is 0. The molecule has 2 aromatic carbocycles. The molecule has 134 valence electrons. The van der Waals surface area contributed by atoms with Crippen molar-refractivity contribution in [3.8, 4) is 5.75 Å². The third-order valence-electron chi connectivity index (χ3n) is 5.12. The third kappa shape index (κ3) is 5.87. The molecule has 0 bridgehead atoms. The number of nitrogens with two attached hydrogens (primary N) is 1. The Balaban J connectivity index is 1.30. The molecular formula is C22H30N2O. The quantitative estimate of drug-likeness (QED) is 0.743. The fourth-order valence-corrected chi connectivity index (χ4v) is 3.56. The predicted octanol–water partition coefficient (Wildman–Crippen LogP) is 3.87. The number of benzene rings is 2. The molecule has 1 saturated heterocycles. The Bertz CT molecular complexity index is 604. The average molecular weight is 338 g/mol. The minimum atomic E-state index is 0.584. The molecule has 25 heavy (non-hydrogen) atoms. The van der Waals surface area contributed by atoms with Gasteiger partial charge in [-0.2, -0.15) is 0 Å². The molecule has 0 amide bonds. The van der Waals surface area contributed by atoms with E-state index in [1.54, 1.807) is 0 Å². The van der Waals surface area contributed by atoms with Crippen molar-refractivity contribution in [3.05, 3.63) is 65.7 Å². The van der Waals surface area contributed by atoms with E-state index in [1.165, 1.54) is 37.9 Å². The molecule has 1 fully saturated rings. The first-order valence-electron chi connectivity index (χ1n) is 9.51. The van der Waals surface area contributed by atoms with E-state index in [2.05, 4.69) is 35.2 Å². The lowest BCUT2D eigenvalue weighted by Gasteiger charge is -2.32. The monoisotopic (exact) mass is 338 g/mol. The summed E-state index contributed by atoms with van der Waals surface area (Å²) in [5.41, 5.74) is 8.24. The second-order valence-corrected chi connectivity index (χ2v) is 7.02. The molecule has 1 aliphatic rings. The number of rotatable bonds is 8. The van der Waals surface area contributed by atoms with Gasteiger partial charge in [0.2, 0.25) is 0 Å². The van der Waals surface area contributed by atoms with Crippen LogP contribution >= 0.6 is 0 Å². The lowest BCUT2D eigenvalue weighted by Crippen LogP contribution is -2.35. The summed E-state index contributed by atoms with van der Waals surface area (Å²) < 4.78 is 5.83. The van der Waals surface area contributed by atoms with Crippen LogP contribution in [0.25, 0.3) is 0 Å². The van der Waals surface area contributed by atoms with E-state index < -0.39 is 0 Å². The smallest absolute Gasteiger partial charge is 0.119 e. The fourth-order valence-electron chi connectivity index (χ4n) is 3.56. The van der Waals surface area contributed by atoms with Crippen molar-refractivity contribution in [2.75, 3.05) is 26.2 Å². The van der Waals surface area contributed by atoms with Gasteiger partial charge in [-0.15, -0.1) is 0 Å². The van der Waals surface area contributed by atoms with Gasteiger partial charge in [-0.05, 0) is 68.0 Å². The number of nitrogens with zero attached hydrogens (tertiary/aromatic N) is 1. The van der Waals surface area contributed by atoms with Crippen LogP contribution in [0.3, 0.4) is 0 Å². The Morgan fingerprint density at radius 3 is 2.32 bits per heavy atom. The van der Waals surface area contributed by atoms with Gasteiger partial charge >= 0.3 is 0 Å². The van der Waals surface area contributed by atoms with Crippen LogP contribution in [-0.2, 0) is 13.0 Å². The predicted molar refractivity (Wildman–Crippen MR) is 104 cm³/mol. The van der Waals surface area contributed by atoms with Crippen molar-refractivity contribution < 1.29 is 4.74 Å². The largest absolute Gasteiger partial charge is 0.494 e.